The number of nitrogens with zero attached hydrogens (tertiary/aromatic N) is 2. The van der Waals surface area contributed by atoms with Crippen LogP contribution in [0.2, 0.25) is 0 Å². The molecular weight excluding hydrogens is 256 g/mol. The van der Waals surface area contributed by atoms with Gasteiger partial charge in [0.2, 0.25) is 0 Å². The molecule has 1 aromatic heterocycles. The van der Waals surface area contributed by atoms with E-state index in [1.165, 1.54) is 44.7 Å². The molecule has 0 bridgehead atoms. The third-order valence-electron chi connectivity index (χ3n) is 3.73. The van der Waals surface area contributed by atoms with Crippen LogP contribution in [-0.4, -0.2) is 29.0 Å². The third kappa shape index (κ3) is 4.45. The molecule has 0 atom stereocenters. The second-order valence-electron chi connectivity index (χ2n) is 5.22. The Morgan fingerprint density at radius 1 is 1.25 bits per heavy atom. The van der Waals surface area contributed by atoms with Crippen molar-refractivity contribution in [2.24, 2.45) is 0 Å². The van der Waals surface area contributed by atoms with Crippen LogP contribution in [0.3, 0.4) is 0 Å². The quantitative estimate of drug-likeness (QED) is 0.362. The van der Waals surface area contributed by atoms with Crippen molar-refractivity contribution in [3.05, 3.63) is 28.6 Å². The average Bonchev–Trinajstić information content (AvgIpc) is 2.72. The van der Waals surface area contributed by atoms with E-state index in [0.717, 1.165) is 6.54 Å². The Balaban J connectivity index is 1.74. The highest BCUT2D eigenvalue weighted by Gasteiger charge is 2.13. The molecule has 0 aromatic carbocycles. The molecule has 6 nitrogen and oxygen atoms in total. The molecule has 1 fully saturated rings. The van der Waals surface area contributed by atoms with Crippen LogP contribution in [-0.2, 0) is 0 Å². The van der Waals surface area contributed by atoms with E-state index in [0.29, 0.717) is 18.3 Å². The van der Waals surface area contributed by atoms with E-state index >= 15 is 0 Å². The van der Waals surface area contributed by atoms with Crippen molar-refractivity contribution in [1.29, 1.82) is 0 Å². The van der Waals surface area contributed by atoms with Gasteiger partial charge in [0, 0.05) is 25.3 Å². The van der Waals surface area contributed by atoms with Gasteiger partial charge < -0.3 is 10.6 Å². The molecule has 1 saturated carbocycles. The van der Waals surface area contributed by atoms with Gasteiger partial charge in [-0.2, -0.15) is 0 Å². The van der Waals surface area contributed by atoms with Crippen LogP contribution in [0.15, 0.2) is 18.5 Å². The van der Waals surface area contributed by atoms with Crippen molar-refractivity contribution >= 4 is 11.4 Å². The van der Waals surface area contributed by atoms with Gasteiger partial charge in [0.1, 0.15) is 11.9 Å². The fourth-order valence-electron chi connectivity index (χ4n) is 2.64. The normalized spacial score (nSPS) is 16.6. The second-order valence-corrected chi connectivity index (χ2v) is 5.22. The van der Waals surface area contributed by atoms with Crippen LogP contribution < -0.4 is 10.6 Å². The lowest BCUT2D eigenvalue weighted by Crippen LogP contribution is -2.32. The van der Waals surface area contributed by atoms with Crippen molar-refractivity contribution < 1.29 is 4.92 Å². The fourth-order valence-corrected chi connectivity index (χ4v) is 2.64. The first-order valence-corrected chi connectivity index (χ1v) is 7.33. The highest BCUT2D eigenvalue weighted by molar-refractivity contribution is 5.59. The Kier molecular flexibility index (Phi) is 5.73. The maximum absolute atomic E-state index is 10.8. The predicted octanol–water partition coefficient (Wildman–Crippen LogP) is 2.71. The molecule has 0 radical (unpaired) electrons. The summed E-state index contributed by atoms with van der Waals surface area (Å²) in [6, 6.07) is 2.25. The highest BCUT2D eigenvalue weighted by atomic mass is 16.6. The lowest BCUT2D eigenvalue weighted by molar-refractivity contribution is -0.384. The van der Waals surface area contributed by atoms with Crippen LogP contribution in [0, 0.1) is 10.1 Å². The fraction of sp³-hybridized carbons (Fsp3) is 0.643. The summed E-state index contributed by atoms with van der Waals surface area (Å²) in [5, 5.41) is 17.5. The van der Waals surface area contributed by atoms with E-state index in [4.69, 9.17) is 0 Å². The zero-order chi connectivity index (χ0) is 14.2. The van der Waals surface area contributed by atoms with E-state index in [1.54, 1.807) is 12.3 Å². The summed E-state index contributed by atoms with van der Waals surface area (Å²) in [4.78, 5) is 14.2. The van der Waals surface area contributed by atoms with Crippen LogP contribution in [0.1, 0.15) is 38.5 Å². The van der Waals surface area contributed by atoms with E-state index < -0.39 is 4.92 Å². The van der Waals surface area contributed by atoms with Gasteiger partial charge in [-0.05, 0) is 18.9 Å². The lowest BCUT2D eigenvalue weighted by atomic mass is 10.1. The van der Waals surface area contributed by atoms with Gasteiger partial charge in [-0.3, -0.25) is 15.1 Å². The SMILES string of the molecule is O=[N+]([O-])c1cnccc1NCCNC1CCCCCC1. The maximum Gasteiger partial charge on any atom is 0.310 e. The van der Waals surface area contributed by atoms with E-state index in [2.05, 4.69) is 15.6 Å². The number of hydrogen-bond acceptors (Lipinski definition) is 5. The molecule has 0 aliphatic heterocycles. The summed E-state index contributed by atoms with van der Waals surface area (Å²) in [6.45, 7) is 1.51. The minimum absolute atomic E-state index is 0.0296. The summed E-state index contributed by atoms with van der Waals surface area (Å²) in [6.07, 6.45) is 10.6. The monoisotopic (exact) mass is 278 g/mol. The lowest BCUT2D eigenvalue weighted by Gasteiger charge is -2.16. The molecule has 0 saturated heterocycles. The summed E-state index contributed by atoms with van der Waals surface area (Å²) < 4.78 is 0. The molecule has 20 heavy (non-hydrogen) atoms. The first kappa shape index (κ1) is 14.7. The Morgan fingerprint density at radius 2 is 2.00 bits per heavy atom. The van der Waals surface area contributed by atoms with E-state index in [-0.39, 0.29) is 5.69 Å². The summed E-state index contributed by atoms with van der Waals surface area (Å²) in [5.74, 6) is 0. The minimum Gasteiger partial charge on any atom is -0.378 e. The average molecular weight is 278 g/mol. The largest absolute Gasteiger partial charge is 0.378 e. The third-order valence-corrected chi connectivity index (χ3v) is 3.73. The van der Waals surface area contributed by atoms with Crippen molar-refractivity contribution in [1.82, 2.24) is 10.3 Å². The van der Waals surface area contributed by atoms with Gasteiger partial charge in [0.05, 0.1) is 4.92 Å². The molecule has 1 aromatic rings. The van der Waals surface area contributed by atoms with Gasteiger partial charge in [0.25, 0.3) is 0 Å². The summed E-state index contributed by atoms with van der Waals surface area (Å²) in [7, 11) is 0. The van der Waals surface area contributed by atoms with Gasteiger partial charge >= 0.3 is 5.69 Å². The number of pyridine rings is 1. The molecule has 0 spiro atoms. The number of aromatic nitrogens is 1. The predicted molar refractivity (Wildman–Crippen MR) is 78.9 cm³/mol. The number of nitro groups is 1. The molecular formula is C14H22N4O2. The molecule has 110 valence electrons. The molecule has 1 heterocycles. The van der Waals surface area contributed by atoms with Crippen molar-refractivity contribution in [2.75, 3.05) is 18.4 Å². The van der Waals surface area contributed by atoms with E-state index in [1.807, 2.05) is 0 Å². The van der Waals surface area contributed by atoms with Gasteiger partial charge in [-0.25, -0.2) is 0 Å². The Morgan fingerprint density at radius 3 is 2.70 bits per heavy atom. The van der Waals surface area contributed by atoms with Gasteiger partial charge in [-0.15, -0.1) is 0 Å². The molecule has 1 aliphatic rings. The molecule has 2 rings (SSSR count). The number of rotatable bonds is 6. The maximum atomic E-state index is 10.8. The van der Waals surface area contributed by atoms with Crippen LogP contribution >= 0.6 is 0 Å². The first-order valence-electron chi connectivity index (χ1n) is 7.33. The number of anilines is 1. The summed E-state index contributed by atoms with van der Waals surface area (Å²) in [5.41, 5.74) is 0.564. The molecule has 1 aliphatic carbocycles. The number of hydrogen-bond donors (Lipinski definition) is 2. The molecule has 2 N–H and O–H groups in total. The van der Waals surface area contributed by atoms with E-state index in [9.17, 15) is 10.1 Å². The van der Waals surface area contributed by atoms with Crippen LogP contribution in [0.4, 0.5) is 11.4 Å². The second kappa shape index (κ2) is 7.79. The molecule has 0 unspecified atom stereocenters. The van der Waals surface area contributed by atoms with Crippen molar-refractivity contribution in [3.8, 4) is 0 Å². The number of nitrogens with one attached hydrogen (secondary N) is 2. The topological polar surface area (TPSA) is 80.1 Å². The zero-order valence-corrected chi connectivity index (χ0v) is 11.7. The molecule has 0 amide bonds. The minimum atomic E-state index is -0.409. The van der Waals surface area contributed by atoms with Crippen LogP contribution in [0.5, 0.6) is 0 Å². The summed E-state index contributed by atoms with van der Waals surface area (Å²) >= 11 is 0. The Hall–Kier alpha value is -1.69. The zero-order valence-electron chi connectivity index (χ0n) is 11.7. The Labute approximate surface area is 119 Å². The highest BCUT2D eigenvalue weighted by Crippen LogP contribution is 2.21. The van der Waals surface area contributed by atoms with Crippen LogP contribution in [0.25, 0.3) is 0 Å². The smallest absolute Gasteiger partial charge is 0.310 e. The Bertz CT molecular complexity index is 431. The standard InChI is InChI=1S/C14H22N4O2/c19-18(20)14-11-15-8-7-13(14)17-10-9-16-12-5-3-1-2-4-6-12/h7-8,11-12,16H,1-6,9-10H2,(H,15,17). The molecule has 6 heteroatoms. The van der Waals surface area contributed by atoms with Gasteiger partial charge in [-0.1, -0.05) is 25.7 Å². The van der Waals surface area contributed by atoms with Gasteiger partial charge in [0.15, 0.2) is 0 Å². The van der Waals surface area contributed by atoms with Crippen molar-refractivity contribution in [3.63, 3.8) is 0 Å². The first-order chi connectivity index (χ1) is 9.77. The van der Waals surface area contributed by atoms with Crippen molar-refractivity contribution in [2.45, 2.75) is 44.6 Å².